The van der Waals surface area contributed by atoms with E-state index in [1.807, 2.05) is 36.4 Å². The molecule has 0 radical (unpaired) electrons. The van der Waals surface area contributed by atoms with E-state index in [-0.39, 0.29) is 24.5 Å². The van der Waals surface area contributed by atoms with Crippen molar-refractivity contribution in [2.24, 2.45) is 11.8 Å². The third-order valence-corrected chi connectivity index (χ3v) is 7.77. The van der Waals surface area contributed by atoms with Crippen molar-refractivity contribution in [1.29, 1.82) is 0 Å². The van der Waals surface area contributed by atoms with Gasteiger partial charge in [-0.05, 0) is 78.3 Å². The molecule has 52 heavy (non-hydrogen) atoms. The second-order valence-electron chi connectivity index (χ2n) is 14.3. The third kappa shape index (κ3) is 12.8. The number of esters is 3. The molecule has 2 amide bonds. The van der Waals surface area contributed by atoms with Crippen molar-refractivity contribution in [3.05, 3.63) is 96.0 Å². The van der Waals surface area contributed by atoms with Crippen LogP contribution in [0.4, 0.5) is 5.69 Å². The lowest BCUT2D eigenvalue weighted by Crippen LogP contribution is -2.53. The molecule has 12 nitrogen and oxygen atoms in total. The molecule has 280 valence electrons. The van der Waals surface area contributed by atoms with Crippen LogP contribution in [0.2, 0.25) is 0 Å². The Hall–Kier alpha value is -5.23. The lowest BCUT2D eigenvalue weighted by Gasteiger charge is -2.36. The highest BCUT2D eigenvalue weighted by Gasteiger charge is 2.43. The molecule has 12 heteroatoms. The van der Waals surface area contributed by atoms with E-state index in [2.05, 4.69) is 5.32 Å². The van der Waals surface area contributed by atoms with Crippen LogP contribution in [-0.4, -0.2) is 76.7 Å². The highest BCUT2D eigenvalue weighted by molar-refractivity contribution is 6.02. The maximum Gasteiger partial charge on any atom is 0.313 e. The van der Waals surface area contributed by atoms with Crippen LogP contribution >= 0.6 is 0 Å². The summed E-state index contributed by atoms with van der Waals surface area (Å²) >= 11 is 0. The number of benzene rings is 2. The quantitative estimate of drug-likeness (QED) is 0.144. The molecule has 2 N–H and O–H groups in total. The molecule has 0 aliphatic carbocycles. The topological polar surface area (TPSA) is 162 Å². The van der Waals surface area contributed by atoms with Gasteiger partial charge in [-0.2, -0.15) is 0 Å². The lowest BCUT2D eigenvalue weighted by molar-refractivity contribution is -0.173. The fourth-order valence-electron chi connectivity index (χ4n) is 5.22. The number of carbonyl (C=O) groups is 5. The van der Waals surface area contributed by atoms with Gasteiger partial charge in [0, 0.05) is 24.7 Å². The molecule has 0 saturated heterocycles. The predicted molar refractivity (Wildman–Crippen MR) is 195 cm³/mol. The Morgan fingerprint density at radius 1 is 0.827 bits per heavy atom. The molecule has 2 aromatic carbocycles. The van der Waals surface area contributed by atoms with Crippen molar-refractivity contribution < 1.29 is 47.7 Å². The first-order valence-corrected chi connectivity index (χ1v) is 17.1. The number of carbonyl (C=O) groups excluding carboxylic acids is 5. The fraction of sp³-hybridized carbons (Fsp3) is 0.425. The van der Waals surface area contributed by atoms with Gasteiger partial charge in [0.05, 0.1) is 19.4 Å². The van der Waals surface area contributed by atoms with Crippen LogP contribution in [0.5, 0.6) is 0 Å². The highest BCUT2D eigenvalue weighted by atomic mass is 16.6. The van der Waals surface area contributed by atoms with Crippen LogP contribution in [0.1, 0.15) is 76.8 Å². The van der Waals surface area contributed by atoms with Crippen molar-refractivity contribution in [1.82, 2.24) is 4.90 Å². The number of para-hydroxylation sites is 1. The minimum absolute atomic E-state index is 0.00612. The summed E-state index contributed by atoms with van der Waals surface area (Å²) in [6.07, 6.45) is 0.693. The van der Waals surface area contributed by atoms with Gasteiger partial charge in [-0.3, -0.25) is 24.0 Å². The number of aliphatic hydroxyl groups excluding tert-OH is 1. The van der Waals surface area contributed by atoms with Gasteiger partial charge in [-0.25, -0.2) is 0 Å². The summed E-state index contributed by atoms with van der Waals surface area (Å²) in [5.74, 6) is -6.29. The largest absolute Gasteiger partial charge is 0.469 e. The van der Waals surface area contributed by atoms with Gasteiger partial charge in [-0.1, -0.05) is 60.7 Å². The van der Waals surface area contributed by atoms with Gasteiger partial charge in [0.25, 0.3) is 11.8 Å². The first kappa shape index (κ1) is 41.2. The van der Waals surface area contributed by atoms with E-state index in [4.69, 9.17) is 18.6 Å². The SMILES string of the molecule is COC(=O)CC(C(=O)OC(C)(C)C)C(O)C(=O)N(C/C=C/c1ccccc1)C(C)C(Cc1ccc(C(=O)Nc2ccccc2)o1)C(=O)OC(C)(C)C. The molecule has 0 saturated carbocycles. The van der Waals surface area contributed by atoms with Crippen LogP contribution in [0.15, 0.2) is 83.3 Å². The van der Waals surface area contributed by atoms with Crippen molar-refractivity contribution in [3.8, 4) is 0 Å². The lowest BCUT2D eigenvalue weighted by atomic mass is 9.92. The number of nitrogens with one attached hydrogen (secondary N) is 1. The molecule has 1 aromatic heterocycles. The summed E-state index contributed by atoms with van der Waals surface area (Å²) in [5, 5.41) is 14.3. The van der Waals surface area contributed by atoms with E-state index in [9.17, 15) is 29.1 Å². The number of nitrogens with zero attached hydrogens (tertiary/aromatic N) is 1. The summed E-state index contributed by atoms with van der Waals surface area (Å²) in [6.45, 7) is 11.5. The van der Waals surface area contributed by atoms with Gasteiger partial charge in [0.2, 0.25) is 0 Å². The number of ether oxygens (including phenoxy) is 3. The zero-order valence-electron chi connectivity index (χ0n) is 31.1. The standard InChI is InChI=1S/C40H50N2O10/c1-26(30(37(47)51-39(2,3)4)24-29-21-22-32(50-29)35(45)41-28-19-13-10-14-20-28)42(23-15-18-27-16-11-9-12-17-27)36(46)34(44)31(25-33(43)49-8)38(48)52-40(5,6)7/h9-22,26,30-31,34,44H,23-25H2,1-8H3,(H,41,45)/b18-15+. The van der Waals surface area contributed by atoms with E-state index in [1.165, 1.54) is 11.0 Å². The summed E-state index contributed by atoms with van der Waals surface area (Å²) in [7, 11) is 1.13. The van der Waals surface area contributed by atoms with Crippen LogP contribution in [0.25, 0.3) is 6.08 Å². The summed E-state index contributed by atoms with van der Waals surface area (Å²) < 4.78 is 21.9. The molecule has 0 fully saturated rings. The first-order chi connectivity index (χ1) is 24.4. The number of hydrogen-bond donors (Lipinski definition) is 2. The van der Waals surface area contributed by atoms with Crippen molar-refractivity contribution in [2.75, 3.05) is 19.0 Å². The molecule has 0 aliphatic rings. The Bertz CT molecular complexity index is 1690. The summed E-state index contributed by atoms with van der Waals surface area (Å²) in [5.41, 5.74) is -0.482. The number of methoxy groups -OCH3 is 1. The second kappa shape index (κ2) is 18.3. The normalized spacial score (nSPS) is 14.1. The Labute approximate surface area is 305 Å². The molecule has 1 heterocycles. The predicted octanol–water partition coefficient (Wildman–Crippen LogP) is 5.84. The Balaban J connectivity index is 2.02. The molecule has 3 aromatic rings. The van der Waals surface area contributed by atoms with E-state index < -0.39 is 71.3 Å². The minimum Gasteiger partial charge on any atom is -0.469 e. The van der Waals surface area contributed by atoms with Gasteiger partial charge in [0.1, 0.15) is 29.0 Å². The Morgan fingerprint density at radius 3 is 1.94 bits per heavy atom. The average Bonchev–Trinajstić information content (AvgIpc) is 3.55. The molecule has 4 unspecified atom stereocenters. The Kier molecular flexibility index (Phi) is 14.5. The van der Waals surface area contributed by atoms with Crippen molar-refractivity contribution >= 4 is 41.5 Å². The first-order valence-electron chi connectivity index (χ1n) is 17.1. The monoisotopic (exact) mass is 718 g/mol. The number of rotatable bonds is 15. The maximum absolute atomic E-state index is 14.3. The molecule has 4 atom stereocenters. The van der Waals surface area contributed by atoms with E-state index in [0.29, 0.717) is 5.69 Å². The number of aliphatic hydroxyl groups is 1. The van der Waals surface area contributed by atoms with Crippen LogP contribution in [-0.2, 0) is 39.8 Å². The molecule has 0 bridgehead atoms. The number of furan rings is 1. The number of amides is 2. The van der Waals surface area contributed by atoms with Crippen LogP contribution in [0, 0.1) is 11.8 Å². The molecule has 0 spiro atoms. The second-order valence-corrected chi connectivity index (χ2v) is 14.3. The van der Waals surface area contributed by atoms with Crippen molar-refractivity contribution in [2.45, 2.75) is 84.7 Å². The minimum atomic E-state index is -2.04. The zero-order chi connectivity index (χ0) is 38.6. The molecule has 3 rings (SSSR count). The highest BCUT2D eigenvalue weighted by Crippen LogP contribution is 2.26. The molecule has 0 aliphatic heterocycles. The molecular formula is C40H50N2O10. The summed E-state index contributed by atoms with van der Waals surface area (Å²) in [6, 6.07) is 20.2. The van der Waals surface area contributed by atoms with E-state index >= 15 is 0 Å². The van der Waals surface area contributed by atoms with Gasteiger partial charge < -0.3 is 34.0 Å². The molecular weight excluding hydrogens is 668 g/mol. The number of anilines is 1. The van der Waals surface area contributed by atoms with E-state index in [0.717, 1.165) is 12.7 Å². The smallest absolute Gasteiger partial charge is 0.313 e. The van der Waals surface area contributed by atoms with Gasteiger partial charge in [0.15, 0.2) is 5.76 Å². The van der Waals surface area contributed by atoms with Gasteiger partial charge in [-0.15, -0.1) is 0 Å². The van der Waals surface area contributed by atoms with Crippen LogP contribution < -0.4 is 5.32 Å². The van der Waals surface area contributed by atoms with Crippen LogP contribution in [0.3, 0.4) is 0 Å². The van der Waals surface area contributed by atoms with E-state index in [1.54, 1.807) is 91.0 Å². The van der Waals surface area contributed by atoms with Gasteiger partial charge >= 0.3 is 17.9 Å². The van der Waals surface area contributed by atoms with Crippen molar-refractivity contribution in [3.63, 3.8) is 0 Å². The zero-order valence-corrected chi connectivity index (χ0v) is 31.1. The summed E-state index contributed by atoms with van der Waals surface area (Å²) in [4.78, 5) is 68.0. The third-order valence-electron chi connectivity index (χ3n) is 7.77. The Morgan fingerprint density at radius 2 is 1.38 bits per heavy atom. The fourth-order valence-corrected chi connectivity index (χ4v) is 5.22. The average molecular weight is 719 g/mol. The maximum atomic E-state index is 14.3. The number of hydrogen-bond acceptors (Lipinski definition) is 10.